The predicted molar refractivity (Wildman–Crippen MR) is 76.2 cm³/mol. The van der Waals surface area contributed by atoms with Gasteiger partial charge in [0.1, 0.15) is 11.9 Å². The molecular formula is C15H19NO5. The molecule has 0 saturated carbocycles. The van der Waals surface area contributed by atoms with Gasteiger partial charge in [-0.25, -0.2) is 4.79 Å². The van der Waals surface area contributed by atoms with Gasteiger partial charge in [0.2, 0.25) is 0 Å². The van der Waals surface area contributed by atoms with Gasteiger partial charge in [0.25, 0.3) is 5.91 Å². The Morgan fingerprint density at radius 3 is 2.95 bits per heavy atom. The summed E-state index contributed by atoms with van der Waals surface area (Å²) in [4.78, 5) is 23.1. The van der Waals surface area contributed by atoms with Crippen molar-refractivity contribution in [3.8, 4) is 5.75 Å². The van der Waals surface area contributed by atoms with Crippen LogP contribution in [0.15, 0.2) is 24.3 Å². The maximum absolute atomic E-state index is 12.0. The van der Waals surface area contributed by atoms with Crippen molar-refractivity contribution in [1.82, 2.24) is 0 Å². The van der Waals surface area contributed by atoms with E-state index < -0.39 is 12.1 Å². The van der Waals surface area contributed by atoms with Crippen molar-refractivity contribution in [3.05, 3.63) is 24.3 Å². The first-order valence-electron chi connectivity index (χ1n) is 6.91. The smallest absolute Gasteiger partial charge is 0.343 e. The van der Waals surface area contributed by atoms with E-state index in [1.165, 1.54) is 7.11 Å². The van der Waals surface area contributed by atoms with E-state index >= 15 is 0 Å². The van der Waals surface area contributed by atoms with Crippen LogP contribution in [0.1, 0.15) is 19.3 Å². The van der Waals surface area contributed by atoms with Gasteiger partial charge < -0.3 is 19.5 Å². The summed E-state index contributed by atoms with van der Waals surface area (Å²) in [6.07, 6.45) is 2.35. The molecule has 1 unspecified atom stereocenters. The summed E-state index contributed by atoms with van der Waals surface area (Å²) >= 11 is 0. The first-order valence-corrected chi connectivity index (χ1v) is 6.91. The molecule has 21 heavy (non-hydrogen) atoms. The number of nitrogens with one attached hydrogen (secondary N) is 1. The molecule has 1 aliphatic rings. The molecule has 0 spiro atoms. The highest BCUT2D eigenvalue weighted by Crippen LogP contribution is 2.19. The van der Waals surface area contributed by atoms with Crippen molar-refractivity contribution in [3.63, 3.8) is 0 Å². The number of methoxy groups -OCH3 is 1. The van der Waals surface area contributed by atoms with Gasteiger partial charge in [-0.15, -0.1) is 0 Å². The first kappa shape index (κ1) is 15.3. The van der Waals surface area contributed by atoms with Crippen LogP contribution in [0.5, 0.6) is 5.75 Å². The summed E-state index contributed by atoms with van der Waals surface area (Å²) in [5, 5.41) is 2.79. The monoisotopic (exact) mass is 293 g/mol. The number of amides is 1. The van der Waals surface area contributed by atoms with Crippen LogP contribution < -0.4 is 10.1 Å². The van der Waals surface area contributed by atoms with Crippen molar-refractivity contribution >= 4 is 17.6 Å². The molecule has 114 valence electrons. The lowest BCUT2D eigenvalue weighted by molar-refractivity contribution is -0.142. The maximum Gasteiger partial charge on any atom is 0.343 e. The van der Waals surface area contributed by atoms with Crippen LogP contribution in [0, 0.1) is 0 Å². The van der Waals surface area contributed by atoms with Crippen molar-refractivity contribution in [2.24, 2.45) is 0 Å². The molecule has 1 fully saturated rings. The van der Waals surface area contributed by atoms with Crippen LogP contribution >= 0.6 is 0 Å². The van der Waals surface area contributed by atoms with Crippen molar-refractivity contribution in [2.75, 3.05) is 25.6 Å². The highest BCUT2D eigenvalue weighted by Gasteiger charge is 2.21. The fourth-order valence-corrected chi connectivity index (χ4v) is 2.04. The standard InChI is InChI=1S/C15H19NO5/c1-19-14(17)10-21-12-6-4-5-11(9-12)16-15(18)13-7-2-3-8-20-13/h4-6,9,13H,2-3,7-8,10H2,1H3,(H,16,18). The van der Waals surface area contributed by atoms with E-state index in [0.29, 0.717) is 18.0 Å². The molecule has 1 saturated heterocycles. The number of hydrogen-bond acceptors (Lipinski definition) is 5. The lowest BCUT2D eigenvalue weighted by Gasteiger charge is -2.21. The molecule has 1 atom stereocenters. The van der Waals surface area contributed by atoms with Gasteiger partial charge in [-0.1, -0.05) is 6.07 Å². The second-order valence-electron chi connectivity index (χ2n) is 4.74. The number of carbonyl (C=O) groups excluding carboxylic acids is 2. The molecule has 1 N–H and O–H groups in total. The van der Waals surface area contributed by atoms with E-state index in [-0.39, 0.29) is 12.5 Å². The van der Waals surface area contributed by atoms with E-state index in [1.807, 2.05) is 0 Å². The molecule has 0 aliphatic carbocycles. The Kier molecular flexibility index (Phi) is 5.57. The summed E-state index contributed by atoms with van der Waals surface area (Å²) in [5.41, 5.74) is 0.608. The Hall–Kier alpha value is -2.08. The molecule has 1 amide bonds. The van der Waals surface area contributed by atoms with Gasteiger partial charge >= 0.3 is 5.97 Å². The Labute approximate surface area is 123 Å². The first-order chi connectivity index (χ1) is 10.2. The van der Waals surface area contributed by atoms with E-state index in [1.54, 1.807) is 24.3 Å². The Morgan fingerprint density at radius 1 is 1.38 bits per heavy atom. The molecule has 6 heteroatoms. The van der Waals surface area contributed by atoms with E-state index in [9.17, 15) is 9.59 Å². The Balaban J connectivity index is 1.90. The number of ether oxygens (including phenoxy) is 3. The molecule has 0 radical (unpaired) electrons. The lowest BCUT2D eigenvalue weighted by Crippen LogP contribution is -2.33. The van der Waals surface area contributed by atoms with Gasteiger partial charge in [-0.3, -0.25) is 4.79 Å². The molecule has 1 aliphatic heterocycles. The second kappa shape index (κ2) is 7.64. The zero-order chi connectivity index (χ0) is 15.1. The minimum atomic E-state index is -0.458. The van der Waals surface area contributed by atoms with Gasteiger partial charge in [0.05, 0.1) is 7.11 Å². The predicted octanol–water partition coefficient (Wildman–Crippen LogP) is 1.75. The number of rotatable bonds is 5. The molecular weight excluding hydrogens is 274 g/mol. The molecule has 0 bridgehead atoms. The Bertz CT molecular complexity index is 497. The van der Waals surface area contributed by atoms with Crippen molar-refractivity contribution < 1.29 is 23.8 Å². The topological polar surface area (TPSA) is 73.9 Å². The summed E-state index contributed by atoms with van der Waals surface area (Å²) in [5.74, 6) is -0.123. The highest BCUT2D eigenvalue weighted by atomic mass is 16.6. The molecule has 1 heterocycles. The van der Waals surface area contributed by atoms with Crippen LogP contribution in [0.4, 0.5) is 5.69 Å². The van der Waals surface area contributed by atoms with Crippen LogP contribution in [0.25, 0.3) is 0 Å². The fourth-order valence-electron chi connectivity index (χ4n) is 2.04. The number of anilines is 1. The number of carbonyl (C=O) groups is 2. The SMILES string of the molecule is COC(=O)COc1cccc(NC(=O)C2CCCCO2)c1. The van der Waals surface area contributed by atoms with Gasteiger partial charge in [0.15, 0.2) is 6.61 Å². The van der Waals surface area contributed by atoms with Crippen LogP contribution in [-0.4, -0.2) is 38.3 Å². The second-order valence-corrected chi connectivity index (χ2v) is 4.74. The minimum Gasteiger partial charge on any atom is -0.482 e. The number of esters is 1. The van der Waals surface area contributed by atoms with Crippen molar-refractivity contribution in [1.29, 1.82) is 0 Å². The zero-order valence-electron chi connectivity index (χ0n) is 12.0. The van der Waals surface area contributed by atoms with Crippen LogP contribution in [0.2, 0.25) is 0 Å². The third-order valence-corrected chi connectivity index (χ3v) is 3.16. The van der Waals surface area contributed by atoms with E-state index in [0.717, 1.165) is 19.3 Å². The molecule has 1 aromatic rings. The molecule has 6 nitrogen and oxygen atoms in total. The number of benzene rings is 1. The van der Waals surface area contributed by atoms with Gasteiger partial charge in [-0.05, 0) is 31.4 Å². The fraction of sp³-hybridized carbons (Fsp3) is 0.467. The van der Waals surface area contributed by atoms with Crippen molar-refractivity contribution in [2.45, 2.75) is 25.4 Å². The largest absolute Gasteiger partial charge is 0.482 e. The van der Waals surface area contributed by atoms with E-state index in [2.05, 4.69) is 10.1 Å². The third kappa shape index (κ3) is 4.75. The molecule has 0 aromatic heterocycles. The summed E-state index contributed by atoms with van der Waals surface area (Å²) in [7, 11) is 1.30. The summed E-state index contributed by atoms with van der Waals surface area (Å²) in [6.45, 7) is 0.458. The average molecular weight is 293 g/mol. The summed E-state index contributed by atoms with van der Waals surface area (Å²) in [6, 6.07) is 6.86. The number of hydrogen-bond donors (Lipinski definition) is 1. The summed E-state index contributed by atoms with van der Waals surface area (Å²) < 4.78 is 15.2. The normalized spacial score (nSPS) is 17.9. The minimum absolute atomic E-state index is 0.153. The third-order valence-electron chi connectivity index (χ3n) is 3.16. The highest BCUT2D eigenvalue weighted by molar-refractivity contribution is 5.94. The van der Waals surface area contributed by atoms with Gasteiger partial charge in [-0.2, -0.15) is 0 Å². The quantitative estimate of drug-likeness (QED) is 0.837. The van der Waals surface area contributed by atoms with Crippen LogP contribution in [0.3, 0.4) is 0 Å². The zero-order valence-corrected chi connectivity index (χ0v) is 12.0. The molecule has 1 aromatic carbocycles. The lowest BCUT2D eigenvalue weighted by atomic mass is 10.1. The van der Waals surface area contributed by atoms with Crippen LogP contribution in [-0.2, 0) is 19.1 Å². The average Bonchev–Trinajstić information content (AvgIpc) is 2.53. The van der Waals surface area contributed by atoms with E-state index in [4.69, 9.17) is 9.47 Å². The van der Waals surface area contributed by atoms with Gasteiger partial charge in [0, 0.05) is 18.4 Å². The molecule has 2 rings (SSSR count). The maximum atomic E-state index is 12.0. The Morgan fingerprint density at radius 2 is 2.24 bits per heavy atom.